The number of benzene rings is 1. The van der Waals surface area contributed by atoms with Gasteiger partial charge in [-0.3, -0.25) is 14.4 Å². The molecule has 0 aliphatic rings. The molecule has 0 bridgehead atoms. The lowest BCUT2D eigenvalue weighted by Crippen LogP contribution is -2.59. The zero-order chi connectivity index (χ0) is 26.3. The maximum Gasteiger partial charge on any atom is 0.327 e. The second-order valence-electron chi connectivity index (χ2n) is 9.21. The van der Waals surface area contributed by atoms with E-state index in [1.165, 1.54) is 0 Å². The predicted molar refractivity (Wildman–Crippen MR) is 137 cm³/mol. The molecule has 11 heteroatoms. The third kappa shape index (κ3) is 7.46. The SMILES string of the molecule is CC(C)C(NC(=O)C(N)Cc1c[nH]c2ccccc12)C(=O)NC(C(=O)NC(CS)C(=O)O)C(C)C. The lowest BCUT2D eigenvalue weighted by atomic mass is 9.98. The second kappa shape index (κ2) is 12.6. The zero-order valence-electron chi connectivity index (χ0n) is 20.4. The Morgan fingerprint density at radius 3 is 2.03 bits per heavy atom. The highest BCUT2D eigenvalue weighted by atomic mass is 32.1. The van der Waals surface area contributed by atoms with E-state index in [1.54, 1.807) is 27.7 Å². The number of hydrogen-bond acceptors (Lipinski definition) is 6. The van der Waals surface area contributed by atoms with Gasteiger partial charge in [0.1, 0.15) is 18.1 Å². The molecule has 1 aromatic heterocycles. The third-order valence-corrected chi connectivity index (χ3v) is 6.11. The largest absolute Gasteiger partial charge is 0.480 e. The fraction of sp³-hybridized carbons (Fsp3) is 0.500. The van der Waals surface area contributed by atoms with Crippen molar-refractivity contribution in [2.75, 3.05) is 5.75 Å². The second-order valence-corrected chi connectivity index (χ2v) is 9.58. The van der Waals surface area contributed by atoms with E-state index in [9.17, 15) is 24.3 Å². The summed E-state index contributed by atoms with van der Waals surface area (Å²) in [5.74, 6) is -3.63. The first kappa shape index (κ1) is 28.2. The standard InChI is InChI=1S/C24H35N5O5S/c1-12(2)19(22(31)27-18(11-35)24(33)34)29-23(32)20(13(3)4)28-21(30)16(25)9-14-10-26-17-8-6-5-7-15(14)17/h5-8,10,12-13,16,18-20,26,35H,9,11,25H2,1-4H3,(H,27,31)(H,28,30)(H,29,32)(H,33,34). The number of aliphatic carboxylic acids is 1. The highest BCUT2D eigenvalue weighted by Gasteiger charge is 2.32. The third-order valence-electron chi connectivity index (χ3n) is 5.74. The van der Waals surface area contributed by atoms with Crippen molar-refractivity contribution >= 4 is 47.2 Å². The quantitative estimate of drug-likeness (QED) is 0.211. The Labute approximate surface area is 210 Å². The Bertz CT molecular complexity index is 1050. The average molecular weight is 506 g/mol. The van der Waals surface area contributed by atoms with Crippen molar-refractivity contribution in [1.82, 2.24) is 20.9 Å². The maximum absolute atomic E-state index is 13.1. The molecule has 0 saturated heterocycles. The number of fused-ring (bicyclic) bond motifs is 1. The smallest absolute Gasteiger partial charge is 0.327 e. The van der Waals surface area contributed by atoms with Crippen molar-refractivity contribution in [1.29, 1.82) is 0 Å². The highest BCUT2D eigenvalue weighted by Crippen LogP contribution is 2.19. The number of H-pyrrole nitrogens is 1. The van der Waals surface area contributed by atoms with Gasteiger partial charge in [0.2, 0.25) is 17.7 Å². The van der Waals surface area contributed by atoms with Crippen LogP contribution in [0.2, 0.25) is 0 Å². The van der Waals surface area contributed by atoms with Crippen LogP contribution in [0, 0.1) is 11.8 Å². The number of amides is 3. The van der Waals surface area contributed by atoms with E-state index >= 15 is 0 Å². The molecule has 3 amide bonds. The van der Waals surface area contributed by atoms with Gasteiger partial charge in [0.05, 0.1) is 6.04 Å². The Balaban J connectivity index is 2.07. The van der Waals surface area contributed by atoms with Crippen LogP contribution in [0.4, 0.5) is 0 Å². The molecule has 192 valence electrons. The first-order valence-corrected chi connectivity index (χ1v) is 12.1. The molecule has 35 heavy (non-hydrogen) atoms. The molecular weight excluding hydrogens is 470 g/mol. The fourth-order valence-corrected chi connectivity index (χ4v) is 3.90. The molecular formula is C24H35N5O5S. The summed E-state index contributed by atoms with van der Waals surface area (Å²) in [6.45, 7) is 6.98. The van der Waals surface area contributed by atoms with Gasteiger partial charge in [0, 0.05) is 22.9 Å². The summed E-state index contributed by atoms with van der Waals surface area (Å²) < 4.78 is 0. The summed E-state index contributed by atoms with van der Waals surface area (Å²) in [4.78, 5) is 53.0. The normalized spacial score (nSPS) is 14.9. The van der Waals surface area contributed by atoms with Crippen LogP contribution in [0.25, 0.3) is 10.9 Å². The van der Waals surface area contributed by atoms with Gasteiger partial charge >= 0.3 is 5.97 Å². The summed E-state index contributed by atoms with van der Waals surface area (Å²) in [5, 5.41) is 17.9. The molecule has 1 aromatic carbocycles. The average Bonchev–Trinajstić information content (AvgIpc) is 3.20. The number of hydrogen-bond donors (Lipinski definition) is 7. The number of para-hydroxylation sites is 1. The summed E-state index contributed by atoms with van der Waals surface area (Å²) in [5.41, 5.74) is 7.99. The Hall–Kier alpha value is -3.05. The minimum absolute atomic E-state index is 0.0984. The number of carbonyl (C=O) groups excluding carboxylic acids is 3. The van der Waals surface area contributed by atoms with Crippen LogP contribution < -0.4 is 21.7 Å². The monoisotopic (exact) mass is 505 g/mol. The first-order valence-electron chi connectivity index (χ1n) is 11.5. The van der Waals surface area contributed by atoms with Crippen molar-refractivity contribution < 1.29 is 24.3 Å². The van der Waals surface area contributed by atoms with Crippen LogP contribution in [-0.4, -0.2) is 63.7 Å². The van der Waals surface area contributed by atoms with Gasteiger partial charge in [-0.1, -0.05) is 45.9 Å². The topological polar surface area (TPSA) is 166 Å². The van der Waals surface area contributed by atoms with E-state index in [1.807, 2.05) is 30.5 Å². The van der Waals surface area contributed by atoms with E-state index in [-0.39, 0.29) is 24.0 Å². The molecule has 7 N–H and O–H groups in total. The number of rotatable bonds is 12. The van der Waals surface area contributed by atoms with Crippen LogP contribution in [0.3, 0.4) is 0 Å². The van der Waals surface area contributed by atoms with Gasteiger partial charge in [0.25, 0.3) is 0 Å². The Kier molecular flexibility index (Phi) is 10.1. The highest BCUT2D eigenvalue weighted by molar-refractivity contribution is 7.80. The molecule has 0 spiro atoms. The molecule has 0 aliphatic carbocycles. The van der Waals surface area contributed by atoms with Crippen LogP contribution in [0.1, 0.15) is 33.3 Å². The van der Waals surface area contributed by atoms with Gasteiger partial charge in [-0.05, 0) is 29.9 Å². The van der Waals surface area contributed by atoms with Gasteiger partial charge in [0.15, 0.2) is 0 Å². The minimum Gasteiger partial charge on any atom is -0.480 e. The fourth-order valence-electron chi connectivity index (χ4n) is 3.65. The molecule has 0 fully saturated rings. The molecule has 2 rings (SSSR count). The number of nitrogens with two attached hydrogens (primary N) is 1. The van der Waals surface area contributed by atoms with Crippen LogP contribution in [0.15, 0.2) is 30.5 Å². The minimum atomic E-state index is -1.22. The number of nitrogens with one attached hydrogen (secondary N) is 4. The lowest BCUT2D eigenvalue weighted by molar-refractivity contribution is -0.142. The number of aromatic amines is 1. The Morgan fingerprint density at radius 1 is 0.943 bits per heavy atom. The first-order chi connectivity index (χ1) is 16.5. The number of aromatic nitrogens is 1. The maximum atomic E-state index is 13.1. The van der Waals surface area contributed by atoms with Gasteiger partial charge in [-0.15, -0.1) is 0 Å². The number of thiol groups is 1. The molecule has 4 atom stereocenters. The van der Waals surface area contributed by atoms with Crippen LogP contribution in [-0.2, 0) is 25.6 Å². The van der Waals surface area contributed by atoms with E-state index in [0.717, 1.165) is 16.5 Å². The molecule has 10 nitrogen and oxygen atoms in total. The molecule has 0 aliphatic heterocycles. The van der Waals surface area contributed by atoms with Crippen molar-refractivity contribution in [2.24, 2.45) is 17.6 Å². The van der Waals surface area contributed by atoms with E-state index in [4.69, 9.17) is 5.73 Å². The summed E-state index contributed by atoms with van der Waals surface area (Å²) in [7, 11) is 0. The van der Waals surface area contributed by atoms with Gasteiger partial charge in [-0.25, -0.2) is 4.79 Å². The van der Waals surface area contributed by atoms with Crippen LogP contribution >= 0.6 is 12.6 Å². The molecule has 2 aromatic rings. The van der Waals surface area contributed by atoms with E-state index in [0.29, 0.717) is 0 Å². The molecule has 0 radical (unpaired) electrons. The van der Waals surface area contributed by atoms with Crippen LogP contribution in [0.5, 0.6) is 0 Å². The van der Waals surface area contributed by atoms with Gasteiger partial charge in [-0.2, -0.15) is 12.6 Å². The van der Waals surface area contributed by atoms with Gasteiger partial charge < -0.3 is 31.8 Å². The summed E-state index contributed by atoms with van der Waals surface area (Å²) in [6, 6.07) is 3.67. The van der Waals surface area contributed by atoms with E-state index in [2.05, 4.69) is 33.6 Å². The van der Waals surface area contributed by atoms with E-state index < -0.39 is 47.9 Å². The number of carboxylic acids is 1. The lowest BCUT2D eigenvalue weighted by Gasteiger charge is -2.28. The van der Waals surface area contributed by atoms with Crippen molar-refractivity contribution in [3.8, 4) is 0 Å². The van der Waals surface area contributed by atoms with Crippen molar-refractivity contribution in [2.45, 2.75) is 58.3 Å². The van der Waals surface area contributed by atoms with Crippen molar-refractivity contribution in [3.63, 3.8) is 0 Å². The molecule has 4 unspecified atom stereocenters. The Morgan fingerprint density at radius 2 is 1.49 bits per heavy atom. The predicted octanol–water partition coefficient (Wildman–Crippen LogP) is 0.819. The van der Waals surface area contributed by atoms with Crippen molar-refractivity contribution in [3.05, 3.63) is 36.0 Å². The molecule has 1 heterocycles. The summed E-state index contributed by atoms with van der Waals surface area (Å²) in [6.07, 6.45) is 2.09. The number of carboxylic acid groups (broad SMARTS) is 1. The summed E-state index contributed by atoms with van der Waals surface area (Å²) >= 11 is 3.94. The zero-order valence-corrected chi connectivity index (χ0v) is 21.3. The molecule has 0 saturated carbocycles. The number of carbonyl (C=O) groups is 4.